The Hall–Kier alpha value is 0.620. The summed E-state index contributed by atoms with van der Waals surface area (Å²) in [7, 11) is 0. The molecule has 2 saturated heterocycles. The van der Waals surface area contributed by atoms with Crippen molar-refractivity contribution in [1.82, 2.24) is 5.32 Å². The van der Waals surface area contributed by atoms with Crippen molar-refractivity contribution in [3.8, 4) is 0 Å². The first kappa shape index (κ1) is 11.1. The Bertz CT molecular complexity index is 174. The molecule has 0 radical (unpaired) electrons. The molecule has 82 valence electrons. The van der Waals surface area contributed by atoms with Crippen molar-refractivity contribution < 1.29 is 4.74 Å². The van der Waals surface area contributed by atoms with Gasteiger partial charge in [-0.2, -0.15) is 23.5 Å². The Labute approximate surface area is 94.9 Å². The molecule has 2 aliphatic rings. The van der Waals surface area contributed by atoms with Gasteiger partial charge < -0.3 is 10.1 Å². The van der Waals surface area contributed by atoms with E-state index in [1.54, 1.807) is 0 Å². The first-order valence-electron chi connectivity index (χ1n) is 5.40. The Morgan fingerprint density at radius 3 is 3.00 bits per heavy atom. The van der Waals surface area contributed by atoms with E-state index in [0.717, 1.165) is 18.4 Å². The fraction of sp³-hybridized carbons (Fsp3) is 1.00. The van der Waals surface area contributed by atoms with Gasteiger partial charge in [-0.15, -0.1) is 0 Å². The lowest BCUT2D eigenvalue weighted by molar-refractivity contribution is 0.113. The molecular formula is C10H19NOS2. The van der Waals surface area contributed by atoms with Crippen molar-refractivity contribution in [2.45, 2.75) is 30.7 Å². The Kier molecular flexibility index (Phi) is 4.47. The van der Waals surface area contributed by atoms with Crippen molar-refractivity contribution in [2.24, 2.45) is 0 Å². The summed E-state index contributed by atoms with van der Waals surface area (Å²) in [4.78, 5) is 0. The smallest absolute Gasteiger partial charge is 0.0700 e. The summed E-state index contributed by atoms with van der Waals surface area (Å²) in [5.74, 6) is 3.98. The molecule has 3 unspecified atom stereocenters. The topological polar surface area (TPSA) is 21.3 Å². The number of thioether (sulfide) groups is 2. The van der Waals surface area contributed by atoms with Crippen molar-refractivity contribution >= 4 is 23.5 Å². The third-order valence-electron chi connectivity index (χ3n) is 2.87. The van der Waals surface area contributed by atoms with Crippen LogP contribution >= 0.6 is 23.5 Å². The molecule has 0 aromatic heterocycles. The van der Waals surface area contributed by atoms with Crippen LogP contribution in [0.5, 0.6) is 0 Å². The Morgan fingerprint density at radius 2 is 2.36 bits per heavy atom. The summed E-state index contributed by atoms with van der Waals surface area (Å²) in [6, 6.07) is 0.600. The summed E-state index contributed by atoms with van der Waals surface area (Å²) in [6.45, 7) is 4.27. The van der Waals surface area contributed by atoms with Gasteiger partial charge in [0.2, 0.25) is 0 Å². The number of hydrogen-bond acceptors (Lipinski definition) is 4. The second-order valence-electron chi connectivity index (χ2n) is 3.95. The van der Waals surface area contributed by atoms with E-state index in [9.17, 15) is 0 Å². The molecule has 1 N–H and O–H groups in total. The van der Waals surface area contributed by atoms with Gasteiger partial charge in [0.05, 0.1) is 6.10 Å². The third kappa shape index (κ3) is 3.05. The quantitative estimate of drug-likeness (QED) is 0.799. The molecule has 2 rings (SSSR count). The number of ether oxygens (including phenoxy) is 1. The molecule has 2 heterocycles. The van der Waals surface area contributed by atoms with Crippen LogP contribution in [0.25, 0.3) is 0 Å². The first-order valence-corrected chi connectivity index (χ1v) is 7.61. The average molecular weight is 233 g/mol. The maximum absolute atomic E-state index is 5.53. The second kappa shape index (κ2) is 5.64. The van der Waals surface area contributed by atoms with Crippen LogP contribution in [0.2, 0.25) is 0 Å². The van der Waals surface area contributed by atoms with Crippen LogP contribution in [0.1, 0.15) is 13.3 Å². The van der Waals surface area contributed by atoms with Gasteiger partial charge in [0.25, 0.3) is 0 Å². The van der Waals surface area contributed by atoms with E-state index in [2.05, 4.69) is 35.8 Å². The molecule has 0 aromatic rings. The third-order valence-corrected chi connectivity index (χ3v) is 5.71. The summed E-state index contributed by atoms with van der Waals surface area (Å²) in [6.07, 6.45) is 1.60. The summed E-state index contributed by atoms with van der Waals surface area (Å²) in [5.41, 5.74) is 0. The van der Waals surface area contributed by atoms with E-state index >= 15 is 0 Å². The Morgan fingerprint density at radius 1 is 1.43 bits per heavy atom. The standard InChI is InChI=1S/C10H19NOS2/c1-8-10(2-3-12-8)11-6-9-7-13-4-5-14-9/h8-11H,2-7H2,1H3. The van der Waals surface area contributed by atoms with Gasteiger partial charge in [-0.1, -0.05) is 0 Å². The minimum atomic E-state index is 0.413. The molecule has 0 aliphatic carbocycles. The van der Waals surface area contributed by atoms with E-state index in [1.807, 2.05) is 0 Å². The van der Waals surface area contributed by atoms with Crippen LogP contribution < -0.4 is 5.32 Å². The molecule has 0 amide bonds. The summed E-state index contributed by atoms with van der Waals surface area (Å²) < 4.78 is 5.53. The molecule has 2 aliphatic heterocycles. The van der Waals surface area contributed by atoms with Crippen LogP contribution in [0, 0.1) is 0 Å². The molecule has 4 heteroatoms. The van der Waals surface area contributed by atoms with Crippen LogP contribution in [0.3, 0.4) is 0 Å². The molecule has 0 spiro atoms. The predicted octanol–water partition coefficient (Wildman–Crippen LogP) is 1.60. The minimum Gasteiger partial charge on any atom is -0.377 e. The highest BCUT2D eigenvalue weighted by Crippen LogP contribution is 2.24. The molecule has 2 nitrogen and oxygen atoms in total. The summed E-state index contributed by atoms with van der Waals surface area (Å²) in [5, 5.41) is 4.46. The van der Waals surface area contributed by atoms with Crippen LogP contribution in [-0.2, 0) is 4.74 Å². The number of hydrogen-bond donors (Lipinski definition) is 1. The summed E-state index contributed by atoms with van der Waals surface area (Å²) >= 11 is 4.22. The lowest BCUT2D eigenvalue weighted by Crippen LogP contribution is -2.40. The zero-order valence-corrected chi connectivity index (χ0v) is 10.3. The highest BCUT2D eigenvalue weighted by Gasteiger charge is 2.24. The van der Waals surface area contributed by atoms with Crippen molar-refractivity contribution in [2.75, 3.05) is 30.4 Å². The highest BCUT2D eigenvalue weighted by molar-refractivity contribution is 8.06. The van der Waals surface area contributed by atoms with E-state index in [1.165, 1.54) is 23.7 Å². The zero-order valence-electron chi connectivity index (χ0n) is 8.70. The lowest BCUT2D eigenvalue weighted by atomic mass is 10.1. The van der Waals surface area contributed by atoms with Gasteiger partial charge in [0.15, 0.2) is 0 Å². The van der Waals surface area contributed by atoms with Crippen LogP contribution in [0.4, 0.5) is 0 Å². The monoisotopic (exact) mass is 233 g/mol. The van der Waals surface area contributed by atoms with Gasteiger partial charge in [-0.25, -0.2) is 0 Å². The fourth-order valence-corrected chi connectivity index (χ4v) is 4.56. The van der Waals surface area contributed by atoms with E-state index in [-0.39, 0.29) is 0 Å². The minimum absolute atomic E-state index is 0.413. The predicted molar refractivity (Wildman–Crippen MR) is 65.4 cm³/mol. The molecule has 14 heavy (non-hydrogen) atoms. The normalized spacial score (nSPS) is 38.8. The fourth-order valence-electron chi connectivity index (χ4n) is 1.94. The second-order valence-corrected chi connectivity index (χ2v) is 6.51. The zero-order chi connectivity index (χ0) is 9.80. The van der Waals surface area contributed by atoms with Crippen molar-refractivity contribution in [3.05, 3.63) is 0 Å². The van der Waals surface area contributed by atoms with Crippen molar-refractivity contribution in [1.29, 1.82) is 0 Å². The SMILES string of the molecule is CC1OCCC1NCC1CSCCS1. The van der Waals surface area contributed by atoms with Crippen LogP contribution in [0.15, 0.2) is 0 Å². The number of nitrogens with one attached hydrogen (secondary N) is 1. The van der Waals surface area contributed by atoms with Crippen LogP contribution in [-0.4, -0.2) is 47.8 Å². The molecule has 2 fully saturated rings. The van der Waals surface area contributed by atoms with E-state index in [4.69, 9.17) is 4.74 Å². The maximum Gasteiger partial charge on any atom is 0.0700 e. The number of rotatable bonds is 3. The van der Waals surface area contributed by atoms with Gasteiger partial charge in [0, 0.05) is 41.7 Å². The van der Waals surface area contributed by atoms with Crippen molar-refractivity contribution in [3.63, 3.8) is 0 Å². The van der Waals surface area contributed by atoms with Gasteiger partial charge in [0.1, 0.15) is 0 Å². The largest absolute Gasteiger partial charge is 0.377 e. The Balaban J connectivity index is 1.65. The van der Waals surface area contributed by atoms with Gasteiger partial charge in [-0.05, 0) is 13.3 Å². The molecule has 0 aromatic carbocycles. The van der Waals surface area contributed by atoms with Gasteiger partial charge >= 0.3 is 0 Å². The molecule has 0 saturated carbocycles. The molecule has 3 atom stereocenters. The molecular weight excluding hydrogens is 214 g/mol. The first-order chi connectivity index (χ1) is 6.86. The lowest BCUT2D eigenvalue weighted by Gasteiger charge is -2.24. The molecule has 0 bridgehead atoms. The highest BCUT2D eigenvalue weighted by atomic mass is 32.2. The van der Waals surface area contributed by atoms with E-state index < -0.39 is 0 Å². The average Bonchev–Trinajstić information content (AvgIpc) is 2.63. The maximum atomic E-state index is 5.53. The van der Waals surface area contributed by atoms with E-state index in [0.29, 0.717) is 12.1 Å². The van der Waals surface area contributed by atoms with Gasteiger partial charge in [-0.3, -0.25) is 0 Å².